The maximum Gasteiger partial charge on any atom is 0.283 e. The number of rotatable bonds is 4. The van der Waals surface area contributed by atoms with Gasteiger partial charge >= 0.3 is 0 Å². The van der Waals surface area contributed by atoms with Crippen molar-refractivity contribution in [3.8, 4) is 5.75 Å². The Bertz CT molecular complexity index is 635. The van der Waals surface area contributed by atoms with Gasteiger partial charge in [0, 0.05) is 11.6 Å². The predicted octanol–water partition coefficient (Wildman–Crippen LogP) is 4.55. The molecule has 0 amide bonds. The highest BCUT2D eigenvalue weighted by molar-refractivity contribution is 9.10. The maximum atomic E-state index is 10.9. The summed E-state index contributed by atoms with van der Waals surface area (Å²) in [6.45, 7) is 4.24. The van der Waals surface area contributed by atoms with Gasteiger partial charge in [-0.1, -0.05) is 30.3 Å². The molecule has 0 aliphatic heterocycles. The Kier molecular flexibility index (Phi) is 4.39. The van der Waals surface area contributed by atoms with Crippen LogP contribution in [-0.2, 0) is 6.61 Å². The fraction of sp³-hybridized carbons (Fsp3) is 0.200. The van der Waals surface area contributed by atoms with E-state index in [1.807, 2.05) is 38.1 Å². The molecule has 20 heavy (non-hydrogen) atoms. The first-order chi connectivity index (χ1) is 9.50. The molecular weight excluding hydrogens is 322 g/mol. The molecule has 0 aliphatic carbocycles. The van der Waals surface area contributed by atoms with E-state index in [0.29, 0.717) is 4.47 Å². The molecule has 2 aromatic carbocycles. The molecule has 2 aromatic rings. The van der Waals surface area contributed by atoms with E-state index in [1.165, 1.54) is 6.07 Å². The van der Waals surface area contributed by atoms with Gasteiger partial charge in [0.1, 0.15) is 16.8 Å². The largest absolute Gasteiger partial charge is 0.488 e. The monoisotopic (exact) mass is 335 g/mol. The molecule has 0 saturated heterocycles. The molecule has 4 nitrogen and oxygen atoms in total. The molecule has 0 atom stereocenters. The Balaban J connectivity index is 2.24. The summed E-state index contributed by atoms with van der Waals surface area (Å²) in [7, 11) is 0. The number of benzene rings is 2. The highest BCUT2D eigenvalue weighted by atomic mass is 79.9. The molecule has 0 saturated carbocycles. The van der Waals surface area contributed by atoms with E-state index in [1.54, 1.807) is 6.07 Å². The van der Waals surface area contributed by atoms with Crippen molar-refractivity contribution in [3.63, 3.8) is 0 Å². The second-order valence-electron chi connectivity index (χ2n) is 4.52. The van der Waals surface area contributed by atoms with Crippen LogP contribution in [0.4, 0.5) is 5.69 Å². The SMILES string of the molecule is Cc1cccc(C)c1OCc1cccc([N+](=O)[O-])c1Br. The van der Waals surface area contributed by atoms with Gasteiger partial charge < -0.3 is 4.74 Å². The Hall–Kier alpha value is -1.88. The molecule has 0 bridgehead atoms. The number of para-hydroxylation sites is 1. The molecule has 0 radical (unpaired) electrons. The highest BCUT2D eigenvalue weighted by Gasteiger charge is 2.15. The van der Waals surface area contributed by atoms with Crippen molar-refractivity contribution in [2.75, 3.05) is 0 Å². The highest BCUT2D eigenvalue weighted by Crippen LogP contribution is 2.30. The van der Waals surface area contributed by atoms with Crippen molar-refractivity contribution in [2.45, 2.75) is 20.5 Å². The van der Waals surface area contributed by atoms with Gasteiger partial charge in [-0.3, -0.25) is 10.1 Å². The number of ether oxygens (including phenoxy) is 1. The van der Waals surface area contributed by atoms with Crippen molar-refractivity contribution in [3.05, 3.63) is 67.7 Å². The summed E-state index contributed by atoms with van der Waals surface area (Å²) in [5.41, 5.74) is 2.90. The lowest BCUT2D eigenvalue weighted by Gasteiger charge is -2.12. The lowest BCUT2D eigenvalue weighted by molar-refractivity contribution is -0.385. The normalized spacial score (nSPS) is 10.3. The molecule has 0 spiro atoms. The van der Waals surface area contributed by atoms with Crippen LogP contribution in [0.5, 0.6) is 5.75 Å². The van der Waals surface area contributed by atoms with Gasteiger partial charge in [0.25, 0.3) is 5.69 Å². The number of nitro benzene ring substituents is 1. The van der Waals surface area contributed by atoms with Crippen LogP contribution < -0.4 is 4.74 Å². The molecule has 0 heterocycles. The zero-order valence-corrected chi connectivity index (χ0v) is 12.8. The first-order valence-electron chi connectivity index (χ1n) is 6.11. The van der Waals surface area contributed by atoms with E-state index < -0.39 is 4.92 Å². The zero-order valence-electron chi connectivity index (χ0n) is 11.2. The van der Waals surface area contributed by atoms with Crippen molar-refractivity contribution in [2.24, 2.45) is 0 Å². The van der Waals surface area contributed by atoms with E-state index in [4.69, 9.17) is 4.74 Å². The molecule has 104 valence electrons. The second kappa shape index (κ2) is 6.05. The topological polar surface area (TPSA) is 52.4 Å². The number of halogens is 1. The molecular formula is C15H14BrNO3. The standard InChI is InChI=1S/C15H14BrNO3/c1-10-5-3-6-11(2)15(10)20-9-12-7-4-8-13(14(12)16)17(18)19/h3-8H,9H2,1-2H3. The van der Waals surface area contributed by atoms with E-state index in [2.05, 4.69) is 15.9 Å². The molecule has 2 rings (SSSR count). The summed E-state index contributed by atoms with van der Waals surface area (Å²) >= 11 is 3.27. The first-order valence-corrected chi connectivity index (χ1v) is 6.91. The van der Waals surface area contributed by atoms with Crippen LogP contribution in [-0.4, -0.2) is 4.92 Å². The number of hydrogen-bond donors (Lipinski definition) is 0. The summed E-state index contributed by atoms with van der Waals surface area (Å²) < 4.78 is 6.29. The fourth-order valence-electron chi connectivity index (χ4n) is 2.00. The second-order valence-corrected chi connectivity index (χ2v) is 5.31. The number of hydrogen-bond acceptors (Lipinski definition) is 3. The van der Waals surface area contributed by atoms with Crippen LogP contribution >= 0.6 is 15.9 Å². The van der Waals surface area contributed by atoms with E-state index in [9.17, 15) is 10.1 Å². The predicted molar refractivity (Wildman–Crippen MR) is 81.0 cm³/mol. The summed E-state index contributed by atoms with van der Waals surface area (Å²) in [5.74, 6) is 0.825. The summed E-state index contributed by atoms with van der Waals surface area (Å²) in [6.07, 6.45) is 0. The molecule has 0 unspecified atom stereocenters. The van der Waals surface area contributed by atoms with Crippen molar-refractivity contribution >= 4 is 21.6 Å². The van der Waals surface area contributed by atoms with Crippen LogP contribution in [0.15, 0.2) is 40.9 Å². The number of nitrogens with zero attached hydrogens (tertiary/aromatic N) is 1. The molecule has 0 fully saturated rings. The number of aryl methyl sites for hydroxylation is 2. The third-order valence-electron chi connectivity index (χ3n) is 3.04. The lowest BCUT2D eigenvalue weighted by Crippen LogP contribution is -2.01. The zero-order chi connectivity index (χ0) is 14.7. The minimum Gasteiger partial charge on any atom is -0.488 e. The van der Waals surface area contributed by atoms with Crippen molar-refractivity contribution in [1.82, 2.24) is 0 Å². The van der Waals surface area contributed by atoms with Crippen LogP contribution in [0.3, 0.4) is 0 Å². The van der Waals surface area contributed by atoms with Gasteiger partial charge in [0.2, 0.25) is 0 Å². The Morgan fingerprint density at radius 1 is 1.15 bits per heavy atom. The van der Waals surface area contributed by atoms with Gasteiger partial charge in [-0.25, -0.2) is 0 Å². The van der Waals surface area contributed by atoms with E-state index >= 15 is 0 Å². The molecule has 5 heteroatoms. The van der Waals surface area contributed by atoms with Crippen molar-refractivity contribution < 1.29 is 9.66 Å². The Morgan fingerprint density at radius 2 is 1.75 bits per heavy atom. The smallest absolute Gasteiger partial charge is 0.283 e. The van der Waals surface area contributed by atoms with Gasteiger partial charge in [-0.2, -0.15) is 0 Å². The van der Waals surface area contributed by atoms with Gasteiger partial charge in [0.15, 0.2) is 0 Å². The molecule has 0 aliphatic rings. The van der Waals surface area contributed by atoms with E-state index in [0.717, 1.165) is 22.4 Å². The number of nitro groups is 1. The summed E-state index contributed by atoms with van der Waals surface area (Å²) in [4.78, 5) is 10.5. The Labute approximate surface area is 125 Å². The van der Waals surface area contributed by atoms with Gasteiger partial charge in [0.05, 0.1) is 4.92 Å². The van der Waals surface area contributed by atoms with Crippen LogP contribution in [0.25, 0.3) is 0 Å². The maximum absolute atomic E-state index is 10.9. The lowest BCUT2D eigenvalue weighted by atomic mass is 10.1. The average Bonchev–Trinajstić information content (AvgIpc) is 2.39. The van der Waals surface area contributed by atoms with Crippen LogP contribution in [0.1, 0.15) is 16.7 Å². The van der Waals surface area contributed by atoms with E-state index in [-0.39, 0.29) is 12.3 Å². The van der Waals surface area contributed by atoms with Crippen LogP contribution in [0.2, 0.25) is 0 Å². The minimum atomic E-state index is -0.410. The molecule has 0 aromatic heterocycles. The summed E-state index contributed by atoms with van der Waals surface area (Å²) in [6, 6.07) is 10.9. The summed E-state index contributed by atoms with van der Waals surface area (Å²) in [5, 5.41) is 10.9. The van der Waals surface area contributed by atoms with Gasteiger partial charge in [-0.15, -0.1) is 0 Å². The fourth-order valence-corrected chi connectivity index (χ4v) is 2.52. The quantitative estimate of drug-likeness (QED) is 0.608. The minimum absolute atomic E-state index is 0.0487. The third kappa shape index (κ3) is 2.99. The first kappa shape index (κ1) is 14.5. The third-order valence-corrected chi connectivity index (χ3v) is 3.95. The van der Waals surface area contributed by atoms with Crippen LogP contribution in [0, 0.1) is 24.0 Å². The van der Waals surface area contributed by atoms with Gasteiger partial charge in [-0.05, 0) is 40.9 Å². The average molecular weight is 336 g/mol. The van der Waals surface area contributed by atoms with Crippen molar-refractivity contribution in [1.29, 1.82) is 0 Å². The molecule has 0 N–H and O–H groups in total. The Morgan fingerprint density at radius 3 is 2.35 bits per heavy atom.